The molecule has 0 saturated carbocycles. The van der Waals surface area contributed by atoms with Crippen LogP contribution in [-0.4, -0.2) is 113 Å². The minimum absolute atomic E-state index is 0.0592. The molecular formula is C44H52N4O10. The Morgan fingerprint density at radius 1 is 0.448 bits per heavy atom. The Balaban J connectivity index is 1.16. The van der Waals surface area contributed by atoms with Crippen molar-refractivity contribution in [1.82, 2.24) is 20.4 Å². The zero-order chi connectivity index (χ0) is 40.6. The van der Waals surface area contributed by atoms with Crippen LogP contribution in [0.15, 0.2) is 121 Å². The monoisotopic (exact) mass is 796 g/mol. The van der Waals surface area contributed by atoms with E-state index in [1.807, 2.05) is 72.8 Å². The van der Waals surface area contributed by atoms with Gasteiger partial charge in [-0.2, -0.15) is 0 Å². The zero-order valence-corrected chi connectivity index (χ0v) is 32.6. The molecular weight excluding hydrogens is 745 g/mol. The molecule has 5 rings (SSSR count). The van der Waals surface area contributed by atoms with E-state index < -0.39 is 24.3 Å². The fourth-order valence-electron chi connectivity index (χ4n) is 6.00. The van der Waals surface area contributed by atoms with Crippen LogP contribution in [0.4, 0.5) is 9.59 Å². The molecule has 1 fully saturated rings. The van der Waals surface area contributed by atoms with E-state index in [9.17, 15) is 19.2 Å². The van der Waals surface area contributed by atoms with Gasteiger partial charge in [-0.1, -0.05) is 121 Å². The number of nitrogens with zero attached hydrogens (tertiary/aromatic N) is 2. The Morgan fingerprint density at radius 3 is 1.05 bits per heavy atom. The van der Waals surface area contributed by atoms with Crippen molar-refractivity contribution in [3.63, 3.8) is 0 Å². The van der Waals surface area contributed by atoms with Crippen molar-refractivity contribution in [1.29, 1.82) is 0 Å². The predicted octanol–water partition coefficient (Wildman–Crippen LogP) is 5.06. The minimum Gasteiger partial charge on any atom is -0.445 e. The second-order valence-electron chi connectivity index (χ2n) is 13.2. The Bertz CT molecular complexity index is 1650. The lowest BCUT2D eigenvalue weighted by molar-refractivity contribution is -0.136. The summed E-state index contributed by atoms with van der Waals surface area (Å²) in [7, 11) is 0. The Morgan fingerprint density at radius 2 is 0.741 bits per heavy atom. The quantitative estimate of drug-likeness (QED) is 0.223. The highest BCUT2D eigenvalue weighted by Crippen LogP contribution is 2.19. The summed E-state index contributed by atoms with van der Waals surface area (Å²) in [6, 6.07) is 34.6. The van der Waals surface area contributed by atoms with Crippen molar-refractivity contribution in [2.75, 3.05) is 79.0 Å². The first-order chi connectivity index (χ1) is 28.5. The molecule has 0 radical (unpaired) electrons. The van der Waals surface area contributed by atoms with Crippen LogP contribution >= 0.6 is 0 Å². The van der Waals surface area contributed by atoms with Crippen molar-refractivity contribution in [3.05, 3.63) is 144 Å². The van der Waals surface area contributed by atoms with Crippen LogP contribution in [0.25, 0.3) is 0 Å². The molecule has 58 heavy (non-hydrogen) atoms. The molecule has 308 valence electrons. The fourth-order valence-corrected chi connectivity index (χ4v) is 6.00. The number of carbonyl (C=O) groups is 4. The number of nitrogens with one attached hydrogen (secondary N) is 2. The highest BCUT2D eigenvalue weighted by Gasteiger charge is 2.30. The van der Waals surface area contributed by atoms with Gasteiger partial charge < -0.3 is 48.9 Å². The molecule has 0 aliphatic carbocycles. The largest absolute Gasteiger partial charge is 0.445 e. The molecule has 14 nitrogen and oxygen atoms in total. The second kappa shape index (κ2) is 24.8. The SMILES string of the molecule is O=C(N[C@H](C(=O)N1CCOCCOCCN(C(=O)[C@@H](NC(=O)OCc2ccccc2)c2ccccc2)CCOCCOCC1)c1ccccc1)OCc1ccccc1. The summed E-state index contributed by atoms with van der Waals surface area (Å²) in [5.74, 6) is -0.677. The average Bonchev–Trinajstić information content (AvgIpc) is 3.26. The van der Waals surface area contributed by atoms with E-state index in [0.29, 0.717) is 11.1 Å². The van der Waals surface area contributed by atoms with Gasteiger partial charge in [-0.25, -0.2) is 9.59 Å². The second-order valence-corrected chi connectivity index (χ2v) is 13.2. The van der Waals surface area contributed by atoms with Crippen LogP contribution in [0.5, 0.6) is 0 Å². The van der Waals surface area contributed by atoms with Crippen molar-refractivity contribution in [3.8, 4) is 0 Å². The first-order valence-corrected chi connectivity index (χ1v) is 19.4. The molecule has 0 unspecified atom stereocenters. The van der Waals surface area contributed by atoms with Crippen molar-refractivity contribution in [2.24, 2.45) is 0 Å². The summed E-state index contributed by atoms with van der Waals surface area (Å²) >= 11 is 0. The lowest BCUT2D eigenvalue weighted by atomic mass is 10.1. The summed E-state index contributed by atoms with van der Waals surface area (Å²) in [5, 5.41) is 5.51. The van der Waals surface area contributed by atoms with Crippen LogP contribution in [0.3, 0.4) is 0 Å². The topological polar surface area (TPSA) is 154 Å². The lowest BCUT2D eigenvalue weighted by Crippen LogP contribution is -2.46. The van der Waals surface area contributed by atoms with Gasteiger partial charge in [0.05, 0.1) is 52.9 Å². The number of hydrogen-bond acceptors (Lipinski definition) is 10. The standard InChI is InChI=1S/C44H52N4O10/c49-41(39(37-17-9-3-10-18-37)45-43(51)57-33-35-13-5-1-6-14-35)47-21-25-53-29-31-55-27-23-48(24-28-56-32-30-54-26-22-47)42(50)40(38-19-11-4-12-20-38)46-44(52)58-34-36-15-7-2-8-16-36/h1-20,39-40H,21-34H2,(H,45,51)(H,46,52)/t39-,40-/m0/s1. The molecule has 14 heteroatoms. The molecule has 0 aromatic heterocycles. The number of rotatable bonds is 10. The Kier molecular flexibility index (Phi) is 18.5. The number of alkyl carbamates (subject to hydrolysis) is 2. The van der Waals surface area contributed by atoms with Crippen molar-refractivity contribution in [2.45, 2.75) is 25.3 Å². The molecule has 4 aromatic carbocycles. The normalized spacial score (nSPS) is 16.1. The maximum atomic E-state index is 14.0. The van der Waals surface area contributed by atoms with E-state index in [-0.39, 0.29) is 104 Å². The molecule has 1 heterocycles. The third kappa shape index (κ3) is 14.9. The van der Waals surface area contributed by atoms with Gasteiger partial charge in [0.1, 0.15) is 25.3 Å². The van der Waals surface area contributed by atoms with Crippen LogP contribution in [0.1, 0.15) is 34.3 Å². The van der Waals surface area contributed by atoms with Gasteiger partial charge in [-0.3, -0.25) is 9.59 Å². The number of benzene rings is 4. The zero-order valence-electron chi connectivity index (χ0n) is 32.6. The van der Waals surface area contributed by atoms with E-state index in [2.05, 4.69) is 10.6 Å². The van der Waals surface area contributed by atoms with Gasteiger partial charge in [-0.05, 0) is 22.3 Å². The van der Waals surface area contributed by atoms with E-state index in [1.54, 1.807) is 58.3 Å². The molecule has 0 bridgehead atoms. The van der Waals surface area contributed by atoms with Gasteiger partial charge in [-0.15, -0.1) is 0 Å². The summed E-state index contributed by atoms with van der Waals surface area (Å²) in [6.45, 7) is 2.80. The molecule has 1 aliphatic rings. The van der Waals surface area contributed by atoms with Crippen LogP contribution in [-0.2, 0) is 51.2 Å². The predicted molar refractivity (Wildman–Crippen MR) is 214 cm³/mol. The summed E-state index contributed by atoms with van der Waals surface area (Å²) in [5.41, 5.74) is 2.86. The molecule has 4 aromatic rings. The molecule has 1 saturated heterocycles. The first-order valence-electron chi connectivity index (χ1n) is 19.4. The highest BCUT2D eigenvalue weighted by molar-refractivity contribution is 5.87. The number of hydrogen-bond donors (Lipinski definition) is 2. The molecule has 4 amide bonds. The molecule has 2 N–H and O–H groups in total. The van der Waals surface area contributed by atoms with Crippen molar-refractivity contribution >= 4 is 24.0 Å². The number of carbonyl (C=O) groups excluding carboxylic acids is 4. The van der Waals surface area contributed by atoms with Crippen LogP contribution in [0, 0.1) is 0 Å². The van der Waals surface area contributed by atoms with E-state index in [1.165, 1.54) is 0 Å². The highest BCUT2D eigenvalue weighted by atomic mass is 16.6. The molecule has 1 aliphatic heterocycles. The third-order valence-corrected chi connectivity index (χ3v) is 9.10. The van der Waals surface area contributed by atoms with Gasteiger partial charge >= 0.3 is 12.2 Å². The maximum absolute atomic E-state index is 14.0. The average molecular weight is 797 g/mol. The molecule has 0 spiro atoms. The lowest BCUT2D eigenvalue weighted by Gasteiger charge is -2.29. The van der Waals surface area contributed by atoms with E-state index in [0.717, 1.165) is 11.1 Å². The van der Waals surface area contributed by atoms with Gasteiger partial charge in [0.15, 0.2) is 0 Å². The van der Waals surface area contributed by atoms with Gasteiger partial charge in [0.2, 0.25) is 11.8 Å². The number of amides is 4. The summed E-state index contributed by atoms with van der Waals surface area (Å²) < 4.78 is 34.3. The third-order valence-electron chi connectivity index (χ3n) is 9.10. The number of ether oxygens (including phenoxy) is 6. The minimum atomic E-state index is -1.00. The summed E-state index contributed by atoms with van der Waals surface area (Å²) in [6.07, 6.45) is -1.44. The van der Waals surface area contributed by atoms with Crippen LogP contribution in [0.2, 0.25) is 0 Å². The smallest absolute Gasteiger partial charge is 0.408 e. The van der Waals surface area contributed by atoms with Gasteiger partial charge in [0, 0.05) is 26.2 Å². The molecule has 2 atom stereocenters. The van der Waals surface area contributed by atoms with Crippen molar-refractivity contribution < 1.29 is 47.6 Å². The summed E-state index contributed by atoms with van der Waals surface area (Å²) in [4.78, 5) is 57.1. The maximum Gasteiger partial charge on any atom is 0.408 e. The first kappa shape index (κ1) is 43.3. The Labute approximate surface area is 339 Å². The van der Waals surface area contributed by atoms with E-state index in [4.69, 9.17) is 28.4 Å². The Hall–Kier alpha value is -5.80. The van der Waals surface area contributed by atoms with Gasteiger partial charge in [0.25, 0.3) is 0 Å². The van der Waals surface area contributed by atoms with E-state index >= 15 is 0 Å². The van der Waals surface area contributed by atoms with Crippen LogP contribution < -0.4 is 10.6 Å². The fraction of sp³-hybridized carbons (Fsp3) is 0.364.